The number of carbonyl (C=O) groups excluding carboxylic acids is 1. The van der Waals surface area contributed by atoms with Crippen LogP contribution in [0.5, 0.6) is 11.5 Å². The second-order valence-corrected chi connectivity index (χ2v) is 9.64. The van der Waals surface area contributed by atoms with Crippen molar-refractivity contribution in [2.24, 2.45) is 0 Å². The maximum Gasteiger partial charge on any atom is 0.265 e. The van der Waals surface area contributed by atoms with Crippen molar-refractivity contribution in [3.63, 3.8) is 0 Å². The van der Waals surface area contributed by atoms with Crippen molar-refractivity contribution in [3.8, 4) is 17.2 Å². The molecule has 1 aliphatic rings. The minimum Gasteiger partial charge on any atom is -0.493 e. The summed E-state index contributed by atoms with van der Waals surface area (Å²) in [6.45, 7) is 2.50. The Kier molecular flexibility index (Phi) is 6.69. The molecule has 1 N–H and O–H groups in total. The lowest BCUT2D eigenvalue weighted by Gasteiger charge is -2.14. The Hall–Kier alpha value is -3.79. The zero-order chi connectivity index (χ0) is 25.2. The molecule has 4 aromatic rings. The lowest BCUT2D eigenvalue weighted by atomic mass is 10.1. The quantitative estimate of drug-likeness (QED) is 0.367. The van der Waals surface area contributed by atoms with Crippen molar-refractivity contribution in [2.45, 2.75) is 31.0 Å². The molecule has 1 atom stereocenters. The number of fused-ring (bicyclic) bond motifs is 2. The molecule has 1 amide bonds. The number of hydrogen-bond donors (Lipinski definition) is 1. The number of hydrogen-bond acceptors (Lipinski definition) is 7. The third kappa shape index (κ3) is 4.56. The van der Waals surface area contributed by atoms with E-state index in [2.05, 4.69) is 10.4 Å². The van der Waals surface area contributed by atoms with Crippen molar-refractivity contribution in [1.29, 1.82) is 0 Å². The van der Waals surface area contributed by atoms with E-state index in [9.17, 15) is 9.59 Å². The Balaban J connectivity index is 1.27. The van der Waals surface area contributed by atoms with E-state index in [1.54, 1.807) is 29.7 Å². The highest BCUT2D eigenvalue weighted by atomic mass is 32.2. The van der Waals surface area contributed by atoms with Crippen LogP contribution in [0.2, 0.25) is 0 Å². The van der Waals surface area contributed by atoms with Crippen molar-refractivity contribution in [2.75, 3.05) is 26.5 Å². The molecule has 10 heteroatoms. The Bertz CT molecular complexity index is 1480. The summed E-state index contributed by atoms with van der Waals surface area (Å²) in [5, 5.41) is 8.44. The van der Waals surface area contributed by atoms with E-state index in [0.717, 1.165) is 16.8 Å². The van der Waals surface area contributed by atoms with Gasteiger partial charge in [-0.05, 0) is 43.2 Å². The zero-order valence-electron chi connectivity index (χ0n) is 20.4. The first-order chi connectivity index (χ1) is 17.5. The van der Waals surface area contributed by atoms with Gasteiger partial charge in [-0.25, -0.2) is 9.67 Å². The van der Waals surface area contributed by atoms with E-state index in [4.69, 9.17) is 14.5 Å². The molecule has 0 radical (unpaired) electrons. The number of aromatic nitrogens is 4. The largest absolute Gasteiger partial charge is 0.493 e. The molecule has 36 heavy (non-hydrogen) atoms. The molecule has 2 aromatic heterocycles. The van der Waals surface area contributed by atoms with Gasteiger partial charge in [0.25, 0.3) is 5.56 Å². The molecule has 186 valence electrons. The van der Waals surface area contributed by atoms with Gasteiger partial charge in [0.2, 0.25) is 5.91 Å². The number of nitrogens with one attached hydrogen (secondary N) is 1. The SMILES string of the molecule is COc1ccc(CCNC(=O)CC2CSc3nc4c(cnn4-c4ccc(C)cc4)c(=O)n32)cc1OC. The van der Waals surface area contributed by atoms with Crippen LogP contribution in [0.1, 0.15) is 23.6 Å². The first kappa shape index (κ1) is 23.9. The van der Waals surface area contributed by atoms with Crippen LogP contribution in [-0.2, 0) is 11.2 Å². The number of ether oxygens (including phenoxy) is 2. The zero-order valence-corrected chi connectivity index (χ0v) is 21.2. The summed E-state index contributed by atoms with van der Waals surface area (Å²) < 4.78 is 13.9. The molecule has 9 nitrogen and oxygen atoms in total. The normalized spacial score (nSPS) is 14.6. The first-order valence-corrected chi connectivity index (χ1v) is 12.6. The first-order valence-electron chi connectivity index (χ1n) is 11.7. The average molecular weight is 506 g/mol. The van der Waals surface area contributed by atoms with E-state index in [1.807, 2.05) is 49.4 Å². The van der Waals surface area contributed by atoms with Gasteiger partial charge in [-0.3, -0.25) is 14.2 Å². The van der Waals surface area contributed by atoms with E-state index in [1.165, 1.54) is 11.8 Å². The lowest BCUT2D eigenvalue weighted by molar-refractivity contribution is -0.121. The minimum atomic E-state index is -0.252. The molecule has 0 aliphatic carbocycles. The number of amides is 1. The standard InChI is InChI=1S/C26H27N5O4S/c1-16-4-7-18(8-5-16)31-24-20(14-28-31)25(33)30-19(15-36-26(30)29-24)13-23(32)27-11-10-17-6-9-21(34-2)22(12-17)35-3/h4-9,12,14,19H,10-11,13,15H2,1-3H3,(H,27,32). The van der Waals surface area contributed by atoms with Crippen LogP contribution >= 0.6 is 11.8 Å². The number of thioether (sulfide) groups is 1. The number of carbonyl (C=O) groups is 1. The van der Waals surface area contributed by atoms with Crippen molar-refractivity contribution >= 4 is 28.7 Å². The summed E-state index contributed by atoms with van der Waals surface area (Å²) in [4.78, 5) is 30.8. The number of aryl methyl sites for hydroxylation is 1. The number of benzene rings is 2. The van der Waals surface area contributed by atoms with Crippen LogP contribution in [0.3, 0.4) is 0 Å². The third-order valence-corrected chi connectivity index (χ3v) is 7.35. The van der Waals surface area contributed by atoms with Crippen LogP contribution in [0.4, 0.5) is 0 Å². The number of rotatable bonds is 8. The van der Waals surface area contributed by atoms with Gasteiger partial charge in [-0.1, -0.05) is 35.5 Å². The molecule has 5 rings (SSSR count). The van der Waals surface area contributed by atoms with Crippen LogP contribution < -0.4 is 20.3 Å². The van der Waals surface area contributed by atoms with E-state index in [0.29, 0.717) is 46.4 Å². The maximum atomic E-state index is 13.3. The average Bonchev–Trinajstić information content (AvgIpc) is 3.49. The van der Waals surface area contributed by atoms with Crippen molar-refractivity contribution < 1.29 is 14.3 Å². The van der Waals surface area contributed by atoms with Crippen LogP contribution in [0, 0.1) is 6.92 Å². The van der Waals surface area contributed by atoms with Gasteiger partial charge in [-0.15, -0.1) is 0 Å². The summed E-state index contributed by atoms with van der Waals surface area (Å²) in [5.74, 6) is 1.84. The highest BCUT2D eigenvalue weighted by Crippen LogP contribution is 2.33. The van der Waals surface area contributed by atoms with E-state index in [-0.39, 0.29) is 23.9 Å². The third-order valence-electron chi connectivity index (χ3n) is 6.25. The Morgan fingerprint density at radius 2 is 1.92 bits per heavy atom. The molecule has 3 heterocycles. The second-order valence-electron chi connectivity index (χ2n) is 8.66. The highest BCUT2D eigenvalue weighted by molar-refractivity contribution is 7.99. The van der Waals surface area contributed by atoms with Gasteiger partial charge in [0.05, 0.1) is 32.1 Å². The van der Waals surface area contributed by atoms with Gasteiger partial charge in [-0.2, -0.15) is 5.10 Å². The van der Waals surface area contributed by atoms with Gasteiger partial charge >= 0.3 is 0 Å². The minimum absolute atomic E-state index is 0.101. The fourth-order valence-electron chi connectivity index (χ4n) is 4.32. The lowest BCUT2D eigenvalue weighted by Crippen LogP contribution is -2.31. The van der Waals surface area contributed by atoms with Gasteiger partial charge in [0.15, 0.2) is 22.3 Å². The molecular formula is C26H27N5O4S. The predicted octanol–water partition coefficient (Wildman–Crippen LogP) is 3.30. The maximum absolute atomic E-state index is 13.3. The summed E-state index contributed by atoms with van der Waals surface area (Å²) in [6.07, 6.45) is 2.43. The Labute approximate surface area is 212 Å². The molecule has 0 spiro atoms. The van der Waals surface area contributed by atoms with E-state index < -0.39 is 0 Å². The van der Waals surface area contributed by atoms with Crippen LogP contribution in [-0.4, -0.2) is 51.8 Å². The van der Waals surface area contributed by atoms with Crippen molar-refractivity contribution in [1.82, 2.24) is 24.6 Å². The molecule has 0 bridgehead atoms. The smallest absolute Gasteiger partial charge is 0.265 e. The topological polar surface area (TPSA) is 100 Å². The Morgan fingerprint density at radius 1 is 1.14 bits per heavy atom. The number of nitrogens with zero attached hydrogens (tertiary/aromatic N) is 4. The highest BCUT2D eigenvalue weighted by Gasteiger charge is 2.29. The summed E-state index contributed by atoms with van der Waals surface area (Å²) in [5.41, 5.74) is 3.39. The summed E-state index contributed by atoms with van der Waals surface area (Å²) >= 11 is 1.49. The molecule has 1 unspecified atom stereocenters. The van der Waals surface area contributed by atoms with Crippen molar-refractivity contribution in [3.05, 3.63) is 70.1 Å². The van der Waals surface area contributed by atoms with Gasteiger partial charge < -0.3 is 14.8 Å². The fraction of sp³-hybridized carbons (Fsp3) is 0.308. The van der Waals surface area contributed by atoms with Gasteiger partial charge in [0.1, 0.15) is 5.39 Å². The molecule has 0 saturated carbocycles. The van der Waals surface area contributed by atoms with Gasteiger partial charge in [0, 0.05) is 18.7 Å². The molecule has 2 aromatic carbocycles. The fourth-order valence-corrected chi connectivity index (χ4v) is 5.45. The van der Waals surface area contributed by atoms with Crippen LogP contribution in [0.15, 0.2) is 58.6 Å². The molecule has 0 saturated heterocycles. The predicted molar refractivity (Wildman–Crippen MR) is 138 cm³/mol. The van der Waals surface area contributed by atoms with Crippen LogP contribution in [0.25, 0.3) is 16.7 Å². The summed E-state index contributed by atoms with van der Waals surface area (Å²) in [7, 11) is 3.19. The summed E-state index contributed by atoms with van der Waals surface area (Å²) in [6, 6.07) is 13.4. The number of methoxy groups -OCH3 is 2. The molecule has 1 aliphatic heterocycles. The molecular weight excluding hydrogens is 478 g/mol. The Morgan fingerprint density at radius 3 is 2.67 bits per heavy atom. The monoisotopic (exact) mass is 505 g/mol. The second kappa shape index (κ2) is 10.1. The van der Waals surface area contributed by atoms with E-state index >= 15 is 0 Å². The molecule has 0 fully saturated rings.